The number of hydrogen-bond acceptors (Lipinski definition) is 4. The summed E-state index contributed by atoms with van der Waals surface area (Å²) in [6.45, 7) is 5.82. The minimum atomic E-state index is 0.465. The van der Waals surface area contributed by atoms with Crippen LogP contribution in [0.1, 0.15) is 16.8 Å². The van der Waals surface area contributed by atoms with Crippen molar-refractivity contribution in [3.63, 3.8) is 0 Å². The first-order valence-electron chi connectivity index (χ1n) is 5.87. The molecule has 0 saturated heterocycles. The van der Waals surface area contributed by atoms with E-state index in [1.807, 2.05) is 34.0 Å². The van der Waals surface area contributed by atoms with Gasteiger partial charge in [-0.25, -0.2) is 0 Å². The fourth-order valence-corrected chi connectivity index (χ4v) is 2.30. The van der Waals surface area contributed by atoms with Gasteiger partial charge >= 0.3 is 0 Å². The van der Waals surface area contributed by atoms with Gasteiger partial charge in [0.05, 0.1) is 11.3 Å². The maximum atomic E-state index is 6.15. The van der Waals surface area contributed by atoms with Gasteiger partial charge in [0.1, 0.15) is 0 Å². The van der Waals surface area contributed by atoms with E-state index in [1.165, 1.54) is 0 Å². The van der Waals surface area contributed by atoms with Crippen LogP contribution in [0.2, 0.25) is 5.15 Å². The van der Waals surface area contributed by atoms with Crippen LogP contribution in [0.4, 0.5) is 0 Å². The molecule has 0 unspecified atom stereocenters. The van der Waals surface area contributed by atoms with Gasteiger partial charge in [-0.05, 0) is 26.3 Å². The van der Waals surface area contributed by atoms with E-state index in [0.29, 0.717) is 11.0 Å². The third-order valence-corrected chi connectivity index (χ3v) is 3.65. The van der Waals surface area contributed by atoms with Gasteiger partial charge in [-0.15, -0.1) is 10.2 Å². The van der Waals surface area contributed by atoms with E-state index in [1.54, 1.807) is 9.20 Å². The van der Waals surface area contributed by atoms with Crippen LogP contribution >= 0.6 is 11.6 Å². The van der Waals surface area contributed by atoms with E-state index >= 15 is 0 Å². The maximum Gasteiger partial charge on any atom is 0.188 e. The van der Waals surface area contributed by atoms with Crippen LogP contribution in [0.25, 0.3) is 17.0 Å². The molecule has 0 radical (unpaired) electrons. The van der Waals surface area contributed by atoms with Gasteiger partial charge in [0.15, 0.2) is 16.6 Å². The van der Waals surface area contributed by atoms with Crippen molar-refractivity contribution in [2.45, 2.75) is 20.8 Å². The predicted octanol–water partition coefficient (Wildman–Crippen LogP) is 2.10. The SMILES string of the molecule is Cc1nn(C)cc1-c1nnc2c(C)c(C)c(Cl)nn12. The van der Waals surface area contributed by atoms with Crippen molar-refractivity contribution in [1.29, 1.82) is 0 Å². The van der Waals surface area contributed by atoms with Gasteiger partial charge in [0.2, 0.25) is 0 Å². The molecule has 0 fully saturated rings. The normalized spacial score (nSPS) is 11.4. The Morgan fingerprint density at radius 3 is 2.42 bits per heavy atom. The number of hydrogen-bond donors (Lipinski definition) is 0. The summed E-state index contributed by atoms with van der Waals surface area (Å²) in [5, 5.41) is 17.5. The van der Waals surface area contributed by atoms with Crippen LogP contribution in [0.3, 0.4) is 0 Å². The molecule has 3 rings (SSSR count). The molecule has 98 valence electrons. The molecule has 0 spiro atoms. The first-order valence-corrected chi connectivity index (χ1v) is 6.25. The van der Waals surface area contributed by atoms with E-state index in [9.17, 15) is 0 Å². The fourth-order valence-electron chi connectivity index (χ4n) is 2.08. The van der Waals surface area contributed by atoms with E-state index in [0.717, 1.165) is 28.0 Å². The van der Waals surface area contributed by atoms with Crippen molar-refractivity contribution >= 4 is 17.2 Å². The Morgan fingerprint density at radius 1 is 1.05 bits per heavy atom. The monoisotopic (exact) mass is 276 g/mol. The minimum Gasteiger partial charge on any atom is -0.275 e. The highest BCUT2D eigenvalue weighted by atomic mass is 35.5. The third-order valence-electron chi connectivity index (χ3n) is 3.29. The van der Waals surface area contributed by atoms with Crippen LogP contribution in [0.15, 0.2) is 6.20 Å². The summed E-state index contributed by atoms with van der Waals surface area (Å²) in [6, 6.07) is 0. The van der Waals surface area contributed by atoms with Crippen LogP contribution in [-0.2, 0) is 7.05 Å². The Bertz CT molecular complexity index is 785. The van der Waals surface area contributed by atoms with Crippen LogP contribution in [-0.4, -0.2) is 29.6 Å². The molecule has 0 atom stereocenters. The first kappa shape index (κ1) is 12.1. The molecule has 0 N–H and O–H groups in total. The van der Waals surface area contributed by atoms with Crippen molar-refractivity contribution in [3.8, 4) is 11.4 Å². The number of halogens is 1. The summed E-state index contributed by atoms with van der Waals surface area (Å²) in [4.78, 5) is 0. The van der Waals surface area contributed by atoms with Crippen molar-refractivity contribution in [3.05, 3.63) is 28.2 Å². The Hall–Kier alpha value is -1.95. The molecule has 19 heavy (non-hydrogen) atoms. The van der Waals surface area contributed by atoms with Gasteiger partial charge in [0.25, 0.3) is 0 Å². The van der Waals surface area contributed by atoms with Gasteiger partial charge in [-0.3, -0.25) is 4.68 Å². The van der Waals surface area contributed by atoms with Gasteiger partial charge in [-0.1, -0.05) is 11.6 Å². The van der Waals surface area contributed by atoms with E-state index in [-0.39, 0.29) is 0 Å². The zero-order valence-electron chi connectivity index (χ0n) is 11.1. The molecule has 0 amide bonds. The minimum absolute atomic E-state index is 0.465. The number of rotatable bonds is 1. The number of aromatic nitrogens is 6. The molecule has 0 bridgehead atoms. The number of nitrogens with zero attached hydrogens (tertiary/aromatic N) is 6. The van der Waals surface area contributed by atoms with Crippen LogP contribution < -0.4 is 0 Å². The van der Waals surface area contributed by atoms with Gasteiger partial charge in [-0.2, -0.15) is 14.7 Å². The quantitative estimate of drug-likeness (QED) is 0.683. The molecule has 0 aliphatic rings. The molecule has 0 saturated carbocycles. The predicted molar refractivity (Wildman–Crippen MR) is 72.2 cm³/mol. The molecule has 0 aromatic carbocycles. The van der Waals surface area contributed by atoms with E-state index in [2.05, 4.69) is 20.4 Å². The number of fused-ring (bicyclic) bond motifs is 1. The van der Waals surface area contributed by atoms with Crippen LogP contribution in [0.5, 0.6) is 0 Å². The summed E-state index contributed by atoms with van der Waals surface area (Å²) in [6.07, 6.45) is 1.90. The number of aryl methyl sites for hydroxylation is 3. The summed E-state index contributed by atoms with van der Waals surface area (Å²) in [7, 11) is 1.87. The highest BCUT2D eigenvalue weighted by molar-refractivity contribution is 6.30. The Kier molecular flexibility index (Phi) is 2.56. The Balaban J connectivity index is 2.35. The highest BCUT2D eigenvalue weighted by Gasteiger charge is 2.17. The Labute approximate surface area is 115 Å². The lowest BCUT2D eigenvalue weighted by Gasteiger charge is -2.04. The van der Waals surface area contributed by atoms with Crippen molar-refractivity contribution in [1.82, 2.24) is 29.6 Å². The summed E-state index contributed by atoms with van der Waals surface area (Å²) < 4.78 is 3.42. The van der Waals surface area contributed by atoms with Crippen molar-refractivity contribution in [2.24, 2.45) is 7.05 Å². The molecule has 7 heteroatoms. The molecule has 3 heterocycles. The summed E-state index contributed by atoms with van der Waals surface area (Å²) >= 11 is 6.15. The third kappa shape index (κ3) is 1.71. The highest BCUT2D eigenvalue weighted by Crippen LogP contribution is 2.25. The lowest BCUT2D eigenvalue weighted by atomic mass is 10.2. The maximum absolute atomic E-state index is 6.15. The van der Waals surface area contributed by atoms with E-state index < -0.39 is 0 Å². The molecule has 0 aliphatic carbocycles. The molecule has 0 aliphatic heterocycles. The van der Waals surface area contributed by atoms with E-state index in [4.69, 9.17) is 11.6 Å². The van der Waals surface area contributed by atoms with Gasteiger partial charge in [0, 0.05) is 18.8 Å². The largest absolute Gasteiger partial charge is 0.275 e. The van der Waals surface area contributed by atoms with Crippen LogP contribution in [0, 0.1) is 20.8 Å². The average molecular weight is 277 g/mol. The summed E-state index contributed by atoms with van der Waals surface area (Å²) in [5.41, 5.74) is 4.42. The molecular weight excluding hydrogens is 264 g/mol. The lowest BCUT2D eigenvalue weighted by Crippen LogP contribution is -2.00. The molecular formula is C12H13ClN6. The second-order valence-corrected chi connectivity index (χ2v) is 4.96. The van der Waals surface area contributed by atoms with Crippen molar-refractivity contribution < 1.29 is 0 Å². The van der Waals surface area contributed by atoms with Crippen molar-refractivity contribution in [2.75, 3.05) is 0 Å². The average Bonchev–Trinajstić information content (AvgIpc) is 2.90. The molecule has 3 aromatic heterocycles. The second-order valence-electron chi connectivity index (χ2n) is 4.60. The first-order chi connectivity index (χ1) is 8.99. The fraction of sp³-hybridized carbons (Fsp3) is 0.333. The summed E-state index contributed by atoms with van der Waals surface area (Å²) in [5.74, 6) is 0.658. The smallest absolute Gasteiger partial charge is 0.188 e. The topological polar surface area (TPSA) is 60.9 Å². The standard InChI is InChI=1S/C12H13ClN6/c1-6-7(2)11-14-15-12(19(11)17-10(6)13)9-5-18(4)16-8(9)3/h5H,1-4H3. The zero-order valence-corrected chi connectivity index (χ0v) is 11.9. The van der Waals surface area contributed by atoms with Gasteiger partial charge < -0.3 is 0 Å². The molecule has 3 aromatic rings. The second kappa shape index (κ2) is 4.03. The molecule has 6 nitrogen and oxygen atoms in total. The zero-order chi connectivity index (χ0) is 13.7. The lowest BCUT2D eigenvalue weighted by molar-refractivity contribution is 0.756. The Morgan fingerprint density at radius 2 is 1.79 bits per heavy atom.